The standard InChI is InChI=1S/C9H16F3NO3/c1-8(13-2,7(14)15)6-16-5-3-4-9(10,11)12/h13H,3-6H2,1-2H3,(H,14,15). The van der Waals surface area contributed by atoms with Crippen LogP contribution in [0.15, 0.2) is 0 Å². The summed E-state index contributed by atoms with van der Waals surface area (Å²) in [6.07, 6.45) is -5.28. The Bertz CT molecular complexity index is 233. The van der Waals surface area contributed by atoms with Gasteiger partial charge >= 0.3 is 12.1 Å². The van der Waals surface area contributed by atoms with Crippen molar-refractivity contribution in [2.45, 2.75) is 31.5 Å². The molecule has 4 nitrogen and oxygen atoms in total. The van der Waals surface area contributed by atoms with Gasteiger partial charge in [-0.2, -0.15) is 13.2 Å². The van der Waals surface area contributed by atoms with Crippen LogP contribution in [0, 0.1) is 0 Å². The first-order valence-corrected chi connectivity index (χ1v) is 4.78. The van der Waals surface area contributed by atoms with Crippen LogP contribution in [0.5, 0.6) is 0 Å². The Morgan fingerprint density at radius 3 is 2.38 bits per heavy atom. The Morgan fingerprint density at radius 2 is 2.00 bits per heavy atom. The number of carboxylic acids is 1. The van der Waals surface area contributed by atoms with E-state index in [1.165, 1.54) is 14.0 Å². The van der Waals surface area contributed by atoms with E-state index in [0.717, 1.165) is 0 Å². The molecule has 0 spiro atoms. The summed E-state index contributed by atoms with van der Waals surface area (Å²) in [7, 11) is 1.45. The highest BCUT2D eigenvalue weighted by Crippen LogP contribution is 2.21. The van der Waals surface area contributed by atoms with E-state index in [1.54, 1.807) is 0 Å². The number of carboxylic acid groups (broad SMARTS) is 1. The summed E-state index contributed by atoms with van der Waals surface area (Å²) in [4.78, 5) is 10.8. The van der Waals surface area contributed by atoms with Crippen molar-refractivity contribution in [1.82, 2.24) is 5.32 Å². The zero-order valence-corrected chi connectivity index (χ0v) is 9.23. The van der Waals surface area contributed by atoms with E-state index < -0.39 is 24.1 Å². The van der Waals surface area contributed by atoms with Gasteiger partial charge in [0, 0.05) is 13.0 Å². The number of rotatable bonds is 7. The number of aliphatic carboxylic acids is 1. The number of halogens is 3. The third kappa shape index (κ3) is 5.92. The van der Waals surface area contributed by atoms with Crippen molar-refractivity contribution in [3.63, 3.8) is 0 Å². The third-order valence-corrected chi connectivity index (χ3v) is 2.16. The Balaban J connectivity index is 3.77. The maximum Gasteiger partial charge on any atom is 0.389 e. The SMILES string of the molecule is CNC(C)(COCCCC(F)(F)F)C(=O)O. The number of carbonyl (C=O) groups is 1. The van der Waals surface area contributed by atoms with Crippen LogP contribution in [-0.2, 0) is 9.53 Å². The normalized spacial score (nSPS) is 15.8. The third-order valence-electron chi connectivity index (χ3n) is 2.16. The first-order valence-electron chi connectivity index (χ1n) is 4.78. The predicted octanol–water partition coefficient (Wildman–Crippen LogP) is 1.41. The first kappa shape index (κ1) is 15.2. The molecule has 0 radical (unpaired) electrons. The fourth-order valence-electron chi connectivity index (χ4n) is 0.892. The lowest BCUT2D eigenvalue weighted by Gasteiger charge is -2.23. The van der Waals surface area contributed by atoms with Crippen molar-refractivity contribution >= 4 is 5.97 Å². The monoisotopic (exact) mass is 243 g/mol. The number of likely N-dealkylation sites (N-methyl/N-ethyl adjacent to an activating group) is 1. The maximum absolute atomic E-state index is 11.7. The van der Waals surface area contributed by atoms with Gasteiger partial charge in [0.15, 0.2) is 0 Å². The second-order valence-electron chi connectivity index (χ2n) is 3.66. The highest BCUT2D eigenvalue weighted by molar-refractivity contribution is 5.78. The molecule has 0 rings (SSSR count). The summed E-state index contributed by atoms with van der Waals surface area (Å²) < 4.78 is 40.2. The summed E-state index contributed by atoms with van der Waals surface area (Å²) >= 11 is 0. The Labute approximate surface area is 91.8 Å². The summed E-state index contributed by atoms with van der Waals surface area (Å²) in [5.74, 6) is -1.11. The lowest BCUT2D eigenvalue weighted by atomic mass is 10.1. The van der Waals surface area contributed by atoms with Gasteiger partial charge < -0.3 is 15.2 Å². The van der Waals surface area contributed by atoms with Crippen LogP contribution in [0.3, 0.4) is 0 Å². The number of nitrogens with one attached hydrogen (secondary N) is 1. The van der Waals surface area contributed by atoms with Crippen LogP contribution in [0.2, 0.25) is 0 Å². The van der Waals surface area contributed by atoms with Crippen LogP contribution in [-0.4, -0.2) is 43.1 Å². The molecule has 0 saturated heterocycles. The van der Waals surface area contributed by atoms with Gasteiger partial charge in [0.2, 0.25) is 0 Å². The van der Waals surface area contributed by atoms with Gasteiger partial charge in [-0.1, -0.05) is 0 Å². The van der Waals surface area contributed by atoms with Gasteiger partial charge in [0.05, 0.1) is 6.61 Å². The Morgan fingerprint density at radius 1 is 1.44 bits per heavy atom. The molecule has 0 aliphatic carbocycles. The van der Waals surface area contributed by atoms with Crippen molar-refractivity contribution in [2.75, 3.05) is 20.3 Å². The summed E-state index contributed by atoms with van der Waals surface area (Å²) in [5, 5.41) is 11.3. The summed E-state index contributed by atoms with van der Waals surface area (Å²) in [6, 6.07) is 0. The van der Waals surface area contributed by atoms with Gasteiger partial charge in [-0.05, 0) is 20.4 Å². The zero-order valence-electron chi connectivity index (χ0n) is 9.23. The Kier molecular flexibility index (Phi) is 5.74. The van der Waals surface area contributed by atoms with Crippen LogP contribution in [0.25, 0.3) is 0 Å². The molecular weight excluding hydrogens is 227 g/mol. The predicted molar refractivity (Wildman–Crippen MR) is 51.2 cm³/mol. The number of hydrogen-bond donors (Lipinski definition) is 2. The van der Waals surface area contributed by atoms with E-state index in [4.69, 9.17) is 9.84 Å². The van der Waals surface area contributed by atoms with Gasteiger partial charge in [-0.3, -0.25) is 4.79 Å². The minimum absolute atomic E-state index is 0.107. The molecule has 0 aliphatic rings. The maximum atomic E-state index is 11.7. The molecular formula is C9H16F3NO3. The summed E-state index contributed by atoms with van der Waals surface area (Å²) in [5.41, 5.74) is -1.27. The molecule has 2 N–H and O–H groups in total. The van der Waals surface area contributed by atoms with E-state index in [-0.39, 0.29) is 19.6 Å². The quantitative estimate of drug-likeness (QED) is 0.664. The zero-order chi connectivity index (χ0) is 12.8. The smallest absolute Gasteiger partial charge is 0.389 e. The van der Waals surface area contributed by atoms with Gasteiger partial charge in [-0.15, -0.1) is 0 Å². The van der Waals surface area contributed by atoms with E-state index in [2.05, 4.69) is 5.32 Å². The van der Waals surface area contributed by atoms with Crippen molar-refractivity contribution in [1.29, 1.82) is 0 Å². The van der Waals surface area contributed by atoms with Crippen molar-refractivity contribution < 1.29 is 27.8 Å². The summed E-state index contributed by atoms with van der Waals surface area (Å²) in [6.45, 7) is 1.12. The topological polar surface area (TPSA) is 58.6 Å². The average molecular weight is 243 g/mol. The van der Waals surface area contributed by atoms with Crippen LogP contribution >= 0.6 is 0 Å². The molecule has 0 fully saturated rings. The molecule has 0 bridgehead atoms. The van der Waals surface area contributed by atoms with Gasteiger partial charge in [0.25, 0.3) is 0 Å². The average Bonchev–Trinajstić information content (AvgIpc) is 2.14. The van der Waals surface area contributed by atoms with E-state index in [9.17, 15) is 18.0 Å². The highest BCUT2D eigenvalue weighted by atomic mass is 19.4. The van der Waals surface area contributed by atoms with Crippen molar-refractivity contribution in [3.8, 4) is 0 Å². The molecule has 96 valence electrons. The van der Waals surface area contributed by atoms with E-state index >= 15 is 0 Å². The number of ether oxygens (including phenoxy) is 1. The highest BCUT2D eigenvalue weighted by Gasteiger charge is 2.31. The molecule has 1 unspecified atom stereocenters. The fourth-order valence-corrected chi connectivity index (χ4v) is 0.892. The molecule has 0 aromatic rings. The lowest BCUT2D eigenvalue weighted by molar-refractivity contribution is -0.148. The molecule has 0 aliphatic heterocycles. The van der Waals surface area contributed by atoms with Crippen LogP contribution in [0.1, 0.15) is 19.8 Å². The van der Waals surface area contributed by atoms with E-state index in [0.29, 0.717) is 0 Å². The first-order chi connectivity index (χ1) is 7.21. The molecule has 1 atom stereocenters. The molecule has 0 saturated carbocycles. The molecule has 16 heavy (non-hydrogen) atoms. The molecule has 0 heterocycles. The molecule has 7 heteroatoms. The van der Waals surface area contributed by atoms with Crippen LogP contribution < -0.4 is 5.32 Å². The number of alkyl halides is 3. The molecule has 0 amide bonds. The second-order valence-corrected chi connectivity index (χ2v) is 3.66. The molecule has 0 aromatic heterocycles. The second kappa shape index (κ2) is 6.05. The van der Waals surface area contributed by atoms with Crippen LogP contribution in [0.4, 0.5) is 13.2 Å². The Hall–Kier alpha value is -0.820. The minimum atomic E-state index is -4.19. The van der Waals surface area contributed by atoms with Gasteiger partial charge in [-0.25, -0.2) is 0 Å². The van der Waals surface area contributed by atoms with E-state index in [1.807, 2.05) is 0 Å². The lowest BCUT2D eigenvalue weighted by Crippen LogP contribution is -2.51. The van der Waals surface area contributed by atoms with Crippen molar-refractivity contribution in [3.05, 3.63) is 0 Å². The minimum Gasteiger partial charge on any atom is -0.480 e. The fraction of sp³-hybridized carbons (Fsp3) is 0.889. The largest absolute Gasteiger partial charge is 0.480 e. The van der Waals surface area contributed by atoms with Gasteiger partial charge in [0.1, 0.15) is 5.54 Å². The van der Waals surface area contributed by atoms with Crippen molar-refractivity contribution in [2.24, 2.45) is 0 Å². The number of hydrogen-bond acceptors (Lipinski definition) is 3. The molecule has 0 aromatic carbocycles.